The highest BCUT2D eigenvalue weighted by Crippen LogP contribution is 2.48. The highest BCUT2D eigenvalue weighted by molar-refractivity contribution is 6.21. The molecule has 3 atom stereocenters. The highest BCUT2D eigenvalue weighted by Gasteiger charge is 2.44. The van der Waals surface area contributed by atoms with Crippen molar-refractivity contribution in [2.45, 2.75) is 38.3 Å². The van der Waals surface area contributed by atoms with Gasteiger partial charge in [0.1, 0.15) is 0 Å². The predicted octanol–water partition coefficient (Wildman–Crippen LogP) is 15.1. The Morgan fingerprint density at radius 1 is 0.508 bits per heavy atom. The molecule has 2 heterocycles. The molecular formula is C59H46N2. The summed E-state index contributed by atoms with van der Waals surface area (Å²) >= 11 is 0. The summed E-state index contributed by atoms with van der Waals surface area (Å²) in [5.41, 5.74) is 15.6. The van der Waals surface area contributed by atoms with Crippen LogP contribution in [0.3, 0.4) is 0 Å². The van der Waals surface area contributed by atoms with Gasteiger partial charge in [0.15, 0.2) is 0 Å². The molecule has 0 N–H and O–H groups in total. The second kappa shape index (κ2) is 14.5. The third-order valence-electron chi connectivity index (χ3n) is 13.6. The Bertz CT molecular complexity index is 3230. The second-order valence-corrected chi connectivity index (χ2v) is 17.0. The number of hydrogen-bond acceptors (Lipinski definition) is 1. The zero-order valence-electron chi connectivity index (χ0n) is 34.4. The van der Waals surface area contributed by atoms with Crippen molar-refractivity contribution in [3.8, 4) is 27.9 Å². The van der Waals surface area contributed by atoms with Crippen molar-refractivity contribution in [1.82, 2.24) is 4.57 Å². The molecule has 0 bridgehead atoms. The topological polar surface area (TPSA) is 8.17 Å². The quantitative estimate of drug-likeness (QED) is 0.146. The van der Waals surface area contributed by atoms with E-state index in [-0.39, 0.29) is 6.04 Å². The first-order valence-electron chi connectivity index (χ1n) is 22.0. The van der Waals surface area contributed by atoms with Gasteiger partial charge in [-0.05, 0) is 127 Å². The lowest BCUT2D eigenvalue weighted by Gasteiger charge is -2.33. The van der Waals surface area contributed by atoms with Crippen LogP contribution in [-0.4, -0.2) is 16.7 Å². The number of aryl methyl sites for hydroxylation is 1. The number of fused-ring (bicyclic) bond motifs is 8. The van der Waals surface area contributed by atoms with Gasteiger partial charge in [-0.15, -0.1) is 0 Å². The maximum absolute atomic E-state index is 2.69. The van der Waals surface area contributed by atoms with E-state index < -0.39 is 0 Å². The molecule has 2 aliphatic carbocycles. The molecule has 9 aromatic rings. The Kier molecular flexibility index (Phi) is 8.52. The number of nitrogens with zero attached hydrogens (tertiary/aromatic N) is 2. The van der Waals surface area contributed by atoms with Crippen LogP contribution in [0.25, 0.3) is 76.9 Å². The standard InChI is InChI=1S/C59H46N2/c1-2-15-39-26-33-55-51(36-39)53-38-43(30-35-57(53)60(55)44-18-7-4-8-19-44)42-29-34-56-52(37-42)46-20-13-14-25-54(46)61(56)45-31-27-41(28-32-45)59-49-23-11-9-21-47(49)58(40-16-5-3-6-17-40)48-22-10-12-24-50(48)59/h3-14,16-33,35-38,46,54,56H,2,15,34H2,1H3. The minimum absolute atomic E-state index is 0.273. The summed E-state index contributed by atoms with van der Waals surface area (Å²) in [6.07, 6.45) is 17.5. The van der Waals surface area contributed by atoms with Crippen LogP contribution in [0.15, 0.2) is 212 Å². The molecule has 3 unspecified atom stereocenters. The Morgan fingerprint density at radius 3 is 1.75 bits per heavy atom. The maximum Gasteiger partial charge on any atom is 0.0583 e. The lowest BCUT2D eigenvalue weighted by atomic mass is 9.84. The third kappa shape index (κ3) is 5.77. The normalized spacial score (nSPS) is 18.2. The van der Waals surface area contributed by atoms with Crippen molar-refractivity contribution in [3.63, 3.8) is 0 Å². The van der Waals surface area contributed by atoms with Gasteiger partial charge in [-0.2, -0.15) is 0 Å². The van der Waals surface area contributed by atoms with E-state index >= 15 is 0 Å². The minimum Gasteiger partial charge on any atom is -0.357 e. The van der Waals surface area contributed by atoms with Crippen molar-refractivity contribution >= 4 is 54.6 Å². The molecule has 2 heteroatoms. The molecule has 1 fully saturated rings. The van der Waals surface area contributed by atoms with Crippen LogP contribution in [0, 0.1) is 5.92 Å². The number of benzene rings is 8. The number of anilines is 1. The van der Waals surface area contributed by atoms with Gasteiger partial charge in [0, 0.05) is 28.1 Å². The van der Waals surface area contributed by atoms with Crippen molar-refractivity contribution in [2.75, 3.05) is 4.90 Å². The number of allylic oxidation sites excluding steroid dienone is 4. The van der Waals surface area contributed by atoms with Gasteiger partial charge in [-0.3, -0.25) is 0 Å². The fourth-order valence-electron chi connectivity index (χ4n) is 10.9. The number of hydrogen-bond donors (Lipinski definition) is 0. The molecule has 1 aliphatic heterocycles. The summed E-state index contributed by atoms with van der Waals surface area (Å²) in [7, 11) is 0. The zero-order valence-corrected chi connectivity index (χ0v) is 34.4. The molecule has 1 saturated heterocycles. The summed E-state index contributed by atoms with van der Waals surface area (Å²) < 4.78 is 2.43. The van der Waals surface area contributed by atoms with Crippen molar-refractivity contribution in [2.24, 2.45) is 5.92 Å². The molecular weight excluding hydrogens is 737 g/mol. The van der Waals surface area contributed by atoms with Gasteiger partial charge in [-0.25, -0.2) is 0 Å². The molecule has 61 heavy (non-hydrogen) atoms. The molecule has 8 aromatic carbocycles. The number of aromatic nitrogens is 1. The van der Waals surface area contributed by atoms with Crippen molar-refractivity contribution < 1.29 is 0 Å². The summed E-state index contributed by atoms with van der Waals surface area (Å²) in [6, 6.07) is 63.8. The summed E-state index contributed by atoms with van der Waals surface area (Å²) in [6.45, 7) is 2.27. The van der Waals surface area contributed by atoms with E-state index in [1.54, 1.807) is 0 Å². The highest BCUT2D eigenvalue weighted by atomic mass is 15.2. The number of rotatable bonds is 7. The average Bonchev–Trinajstić information content (AvgIpc) is 3.83. The van der Waals surface area contributed by atoms with Crippen molar-refractivity contribution in [1.29, 1.82) is 0 Å². The largest absolute Gasteiger partial charge is 0.357 e. The molecule has 1 aromatic heterocycles. The van der Waals surface area contributed by atoms with E-state index in [0.29, 0.717) is 12.0 Å². The molecule has 0 amide bonds. The van der Waals surface area contributed by atoms with Gasteiger partial charge in [0.25, 0.3) is 0 Å². The first kappa shape index (κ1) is 35.8. The summed E-state index contributed by atoms with van der Waals surface area (Å²) in [5, 5.41) is 7.79. The zero-order chi connectivity index (χ0) is 40.4. The van der Waals surface area contributed by atoms with Crippen molar-refractivity contribution in [3.05, 3.63) is 223 Å². The van der Waals surface area contributed by atoms with Crippen LogP contribution in [0.5, 0.6) is 0 Å². The van der Waals surface area contributed by atoms with Crippen LogP contribution in [-0.2, 0) is 6.42 Å². The fraction of sp³-hybridized carbons (Fsp3) is 0.119. The SMILES string of the molecule is CCCc1ccc2c(c1)c1cc(C3=CCC4C(=C3)C3C=CC=CC3N4c3ccc(-c4c5ccccc5c(-c5ccccc5)c5ccccc45)cc3)ccc1n2-c1ccccc1. The van der Waals surface area contributed by atoms with E-state index in [9.17, 15) is 0 Å². The van der Waals surface area contributed by atoms with Gasteiger partial charge in [0.05, 0.1) is 23.1 Å². The van der Waals surface area contributed by atoms with E-state index in [1.165, 1.54) is 99.3 Å². The van der Waals surface area contributed by atoms with E-state index in [1.807, 2.05) is 0 Å². The molecule has 0 saturated carbocycles. The Labute approximate surface area is 357 Å². The van der Waals surface area contributed by atoms with Gasteiger partial charge < -0.3 is 9.47 Å². The van der Waals surface area contributed by atoms with Gasteiger partial charge >= 0.3 is 0 Å². The smallest absolute Gasteiger partial charge is 0.0583 e. The predicted molar refractivity (Wildman–Crippen MR) is 260 cm³/mol. The Morgan fingerprint density at radius 2 is 1.08 bits per heavy atom. The Balaban J connectivity index is 0.922. The molecule has 12 rings (SSSR count). The van der Waals surface area contributed by atoms with Crippen LogP contribution >= 0.6 is 0 Å². The van der Waals surface area contributed by atoms with Gasteiger partial charge in [-0.1, -0.05) is 171 Å². The molecule has 3 aliphatic rings. The van der Waals surface area contributed by atoms with E-state index in [2.05, 4.69) is 223 Å². The lowest BCUT2D eigenvalue weighted by Crippen LogP contribution is -2.37. The summed E-state index contributed by atoms with van der Waals surface area (Å²) in [4.78, 5) is 2.69. The first-order valence-corrected chi connectivity index (χ1v) is 22.0. The van der Waals surface area contributed by atoms with Crippen LogP contribution in [0.2, 0.25) is 0 Å². The van der Waals surface area contributed by atoms with Crippen LogP contribution < -0.4 is 4.90 Å². The molecule has 0 radical (unpaired) electrons. The average molecular weight is 783 g/mol. The van der Waals surface area contributed by atoms with Gasteiger partial charge in [0.2, 0.25) is 0 Å². The van der Waals surface area contributed by atoms with Crippen LogP contribution in [0.1, 0.15) is 30.9 Å². The van der Waals surface area contributed by atoms with E-state index in [0.717, 1.165) is 19.3 Å². The number of para-hydroxylation sites is 1. The molecule has 2 nitrogen and oxygen atoms in total. The Hall–Kier alpha value is -7.16. The molecule has 0 spiro atoms. The van der Waals surface area contributed by atoms with E-state index in [4.69, 9.17) is 0 Å². The third-order valence-corrected chi connectivity index (χ3v) is 13.6. The monoisotopic (exact) mass is 782 g/mol. The summed E-state index contributed by atoms with van der Waals surface area (Å²) in [5.74, 6) is 0.331. The lowest BCUT2D eigenvalue weighted by molar-refractivity contribution is 0.673. The fourth-order valence-corrected chi connectivity index (χ4v) is 10.9. The second-order valence-electron chi connectivity index (χ2n) is 17.0. The van der Waals surface area contributed by atoms with Crippen LogP contribution in [0.4, 0.5) is 5.69 Å². The molecule has 292 valence electrons. The minimum atomic E-state index is 0.273. The first-order chi connectivity index (χ1) is 30.2. The maximum atomic E-state index is 2.69.